The lowest BCUT2D eigenvalue weighted by atomic mass is 10.0. The molecule has 11 heteroatoms. The van der Waals surface area contributed by atoms with Gasteiger partial charge in [-0.15, -0.1) is 21.5 Å². The highest BCUT2D eigenvalue weighted by Gasteiger charge is 2.27. The SMILES string of the molecule is CCc1cc2c(s1)-n1c(nnc1CNC(=O)c1cc3ccccc3n1CC(=O)O)CN=C2c1ccccc1Cl. The van der Waals surface area contributed by atoms with Crippen LogP contribution in [0.15, 0.2) is 65.7 Å². The van der Waals surface area contributed by atoms with Crippen LogP contribution < -0.4 is 5.32 Å². The minimum atomic E-state index is -1.03. The number of hydrogen-bond donors (Lipinski definition) is 2. The maximum Gasteiger partial charge on any atom is 0.323 e. The van der Waals surface area contributed by atoms with E-state index in [1.165, 1.54) is 9.44 Å². The Bertz CT molecular complexity index is 1780. The molecule has 1 amide bonds. The lowest BCUT2D eigenvalue weighted by Gasteiger charge is -2.11. The molecule has 6 rings (SSSR count). The van der Waals surface area contributed by atoms with Crippen LogP contribution in [0.5, 0.6) is 0 Å². The van der Waals surface area contributed by atoms with Crippen LogP contribution in [0.2, 0.25) is 5.02 Å². The fraction of sp³-hybridized carbons (Fsp3) is 0.179. The van der Waals surface area contributed by atoms with Gasteiger partial charge in [0.1, 0.15) is 23.8 Å². The molecule has 0 saturated heterocycles. The highest BCUT2D eigenvalue weighted by molar-refractivity contribution is 7.15. The van der Waals surface area contributed by atoms with Gasteiger partial charge in [-0.05, 0) is 30.7 Å². The molecule has 0 spiro atoms. The smallest absolute Gasteiger partial charge is 0.323 e. The summed E-state index contributed by atoms with van der Waals surface area (Å²) in [5.74, 6) is -0.209. The topological polar surface area (TPSA) is 114 Å². The standard InChI is InChI=1S/C28H23ClN6O3S/c1-2-17-12-19-26(18-8-4-5-9-20(18)29)30-13-23-32-33-24(35(23)28(19)39-17)14-31-27(38)22-11-16-7-3-6-10-21(16)34(22)15-25(36)37/h3-12H,2,13-15H2,1H3,(H,31,38)(H,36,37). The molecule has 0 bridgehead atoms. The van der Waals surface area contributed by atoms with Gasteiger partial charge in [-0.3, -0.25) is 19.1 Å². The molecular weight excluding hydrogens is 536 g/mol. The summed E-state index contributed by atoms with van der Waals surface area (Å²) in [5.41, 5.74) is 3.54. The molecule has 0 atom stereocenters. The van der Waals surface area contributed by atoms with Gasteiger partial charge in [0.15, 0.2) is 11.6 Å². The number of carboxylic acid groups (broad SMARTS) is 1. The van der Waals surface area contributed by atoms with Crippen LogP contribution in [-0.2, 0) is 30.8 Å². The number of benzene rings is 2. The highest BCUT2D eigenvalue weighted by atomic mass is 35.5. The van der Waals surface area contributed by atoms with Gasteiger partial charge in [0.05, 0.1) is 12.3 Å². The zero-order valence-corrected chi connectivity index (χ0v) is 22.5. The molecule has 196 valence electrons. The normalized spacial score (nSPS) is 12.5. The van der Waals surface area contributed by atoms with Gasteiger partial charge in [0.2, 0.25) is 0 Å². The summed E-state index contributed by atoms with van der Waals surface area (Å²) in [6.07, 6.45) is 0.852. The summed E-state index contributed by atoms with van der Waals surface area (Å²) in [6, 6.07) is 18.8. The molecule has 2 aromatic carbocycles. The van der Waals surface area contributed by atoms with Gasteiger partial charge in [0, 0.05) is 31.9 Å². The van der Waals surface area contributed by atoms with Crippen molar-refractivity contribution in [3.63, 3.8) is 0 Å². The Morgan fingerprint density at radius 2 is 1.87 bits per heavy atom. The molecule has 0 radical (unpaired) electrons. The van der Waals surface area contributed by atoms with Crippen LogP contribution in [0.3, 0.4) is 0 Å². The van der Waals surface area contributed by atoms with Gasteiger partial charge < -0.3 is 15.0 Å². The molecule has 39 heavy (non-hydrogen) atoms. The van der Waals surface area contributed by atoms with Crippen molar-refractivity contribution in [3.8, 4) is 5.00 Å². The van der Waals surface area contributed by atoms with E-state index in [2.05, 4.69) is 28.5 Å². The second-order valence-corrected chi connectivity index (χ2v) is 10.6. The third-order valence-electron chi connectivity index (χ3n) is 6.62. The first-order chi connectivity index (χ1) is 18.9. The van der Waals surface area contributed by atoms with Gasteiger partial charge in [-0.25, -0.2) is 0 Å². The van der Waals surface area contributed by atoms with E-state index in [0.717, 1.165) is 33.6 Å². The molecule has 3 aromatic heterocycles. The van der Waals surface area contributed by atoms with Gasteiger partial charge in [-0.1, -0.05) is 54.9 Å². The molecule has 2 N–H and O–H groups in total. The molecule has 1 aliphatic rings. The number of carboxylic acids is 1. The number of aromatic nitrogens is 4. The minimum Gasteiger partial charge on any atom is -0.480 e. The number of aryl methyl sites for hydroxylation is 1. The molecule has 0 fully saturated rings. The second kappa shape index (κ2) is 10.1. The first kappa shape index (κ1) is 25.0. The second-order valence-electron chi connectivity index (χ2n) is 9.05. The molecule has 0 unspecified atom stereocenters. The number of carbonyl (C=O) groups is 2. The Hall–Kier alpha value is -4.28. The van der Waals surface area contributed by atoms with Crippen molar-refractivity contribution in [2.45, 2.75) is 33.0 Å². The average molecular weight is 559 g/mol. The van der Waals surface area contributed by atoms with E-state index in [9.17, 15) is 14.7 Å². The van der Waals surface area contributed by atoms with E-state index in [1.807, 2.05) is 47.0 Å². The minimum absolute atomic E-state index is 0.0979. The maximum absolute atomic E-state index is 13.3. The summed E-state index contributed by atoms with van der Waals surface area (Å²) in [6.45, 7) is 2.18. The number of halogens is 1. The Kier molecular flexibility index (Phi) is 6.49. The molecule has 4 heterocycles. The predicted octanol–water partition coefficient (Wildman–Crippen LogP) is 4.86. The number of nitrogens with one attached hydrogen (secondary N) is 1. The zero-order valence-electron chi connectivity index (χ0n) is 20.9. The molecule has 9 nitrogen and oxygen atoms in total. The molecular formula is C28H23ClN6O3S. The van der Waals surface area contributed by atoms with Crippen LogP contribution in [0.4, 0.5) is 0 Å². The predicted molar refractivity (Wildman–Crippen MR) is 150 cm³/mol. The van der Waals surface area contributed by atoms with Crippen molar-refractivity contribution in [2.24, 2.45) is 4.99 Å². The van der Waals surface area contributed by atoms with E-state index in [4.69, 9.17) is 16.6 Å². The van der Waals surface area contributed by atoms with Crippen LogP contribution in [-0.4, -0.2) is 42.0 Å². The van der Waals surface area contributed by atoms with Gasteiger partial charge in [-0.2, -0.15) is 0 Å². The van der Waals surface area contributed by atoms with Crippen molar-refractivity contribution in [2.75, 3.05) is 0 Å². The van der Waals surface area contributed by atoms with E-state index in [1.54, 1.807) is 23.5 Å². The fourth-order valence-electron chi connectivity index (χ4n) is 4.82. The number of hydrogen-bond acceptors (Lipinski definition) is 6. The summed E-state index contributed by atoms with van der Waals surface area (Å²) in [4.78, 5) is 30.9. The Balaban J connectivity index is 1.34. The van der Waals surface area contributed by atoms with Crippen molar-refractivity contribution < 1.29 is 14.7 Å². The number of aliphatic carboxylic acids is 1. The molecule has 0 aliphatic carbocycles. The third-order valence-corrected chi connectivity index (χ3v) is 8.21. The number of thiophene rings is 1. The number of amides is 1. The maximum atomic E-state index is 13.3. The quantitative estimate of drug-likeness (QED) is 0.296. The van der Waals surface area contributed by atoms with Crippen molar-refractivity contribution in [1.82, 2.24) is 24.6 Å². The van der Waals surface area contributed by atoms with Gasteiger partial charge >= 0.3 is 5.97 Å². The Labute approximate surface area is 232 Å². The highest BCUT2D eigenvalue weighted by Crippen LogP contribution is 2.34. The molecule has 1 aliphatic heterocycles. The largest absolute Gasteiger partial charge is 0.480 e. The Morgan fingerprint density at radius 1 is 1.08 bits per heavy atom. The number of fused-ring (bicyclic) bond motifs is 4. The molecule has 5 aromatic rings. The number of carbonyl (C=O) groups excluding carboxylic acids is 1. The van der Waals surface area contributed by atoms with Gasteiger partial charge in [0.25, 0.3) is 5.91 Å². The number of rotatable bonds is 7. The lowest BCUT2D eigenvalue weighted by molar-refractivity contribution is -0.137. The average Bonchev–Trinajstić information content (AvgIpc) is 3.61. The first-order valence-corrected chi connectivity index (χ1v) is 13.6. The lowest BCUT2D eigenvalue weighted by Crippen LogP contribution is -2.27. The van der Waals surface area contributed by atoms with Crippen molar-refractivity contribution in [3.05, 3.63) is 99.0 Å². The Morgan fingerprint density at radius 3 is 2.67 bits per heavy atom. The molecule has 0 saturated carbocycles. The number of aliphatic imine (C=N–C) groups is 1. The van der Waals surface area contributed by atoms with Crippen LogP contribution in [0.25, 0.3) is 15.9 Å². The third kappa shape index (κ3) is 4.51. The van der Waals surface area contributed by atoms with Crippen molar-refractivity contribution in [1.29, 1.82) is 0 Å². The number of nitrogens with zero attached hydrogens (tertiary/aromatic N) is 5. The van der Waals surface area contributed by atoms with E-state index < -0.39 is 11.9 Å². The van der Waals surface area contributed by atoms with Crippen LogP contribution in [0.1, 0.15) is 45.1 Å². The summed E-state index contributed by atoms with van der Waals surface area (Å²) >= 11 is 8.19. The first-order valence-electron chi connectivity index (χ1n) is 12.4. The number of para-hydroxylation sites is 1. The monoisotopic (exact) mass is 558 g/mol. The fourth-order valence-corrected chi connectivity index (χ4v) is 6.18. The van der Waals surface area contributed by atoms with E-state index in [-0.39, 0.29) is 18.8 Å². The summed E-state index contributed by atoms with van der Waals surface area (Å²) in [5, 5.41) is 23.5. The summed E-state index contributed by atoms with van der Waals surface area (Å²) < 4.78 is 3.46. The van der Waals surface area contributed by atoms with E-state index >= 15 is 0 Å². The van der Waals surface area contributed by atoms with E-state index in [0.29, 0.717) is 28.7 Å². The van der Waals surface area contributed by atoms with Crippen LogP contribution >= 0.6 is 22.9 Å². The van der Waals surface area contributed by atoms with Crippen LogP contribution in [0, 0.1) is 0 Å². The van der Waals surface area contributed by atoms with Crippen molar-refractivity contribution >= 4 is 51.4 Å². The zero-order chi connectivity index (χ0) is 27.1. The summed E-state index contributed by atoms with van der Waals surface area (Å²) in [7, 11) is 0.